The maximum Gasteiger partial charge on any atom is 0.0492 e. The molecule has 0 aliphatic carbocycles. The first-order valence-electron chi connectivity index (χ1n) is 8.19. The lowest BCUT2D eigenvalue weighted by Crippen LogP contribution is -2.29. The summed E-state index contributed by atoms with van der Waals surface area (Å²) in [6.45, 7) is 9.71. The van der Waals surface area contributed by atoms with Gasteiger partial charge in [-0.3, -0.25) is 10.4 Å². The maximum absolute atomic E-state index is 7.64. The number of rotatable bonds is 5. The standard InChI is InChI=1S/C18H26N6/c1-14-17(15(11-19)12-20-2)13-23-22-8-6-18(14)24-9-4-5-16(21-3)7-10-24/h6,8,11-13,16,19,21,23H,1-2,4-5,7,9-10H2,3H3/b15-12+,17-13+,18-6+,19-11?,22-8-. The lowest BCUT2D eigenvalue weighted by molar-refractivity contribution is 0.361. The van der Waals surface area contributed by atoms with Crippen LogP contribution in [0.25, 0.3) is 0 Å². The third kappa shape index (κ3) is 4.29. The van der Waals surface area contributed by atoms with E-state index in [-0.39, 0.29) is 0 Å². The number of hydrogen-bond donors (Lipinski definition) is 3. The molecule has 0 aromatic heterocycles. The van der Waals surface area contributed by atoms with Crippen molar-refractivity contribution in [2.75, 3.05) is 20.1 Å². The van der Waals surface area contributed by atoms with Gasteiger partial charge in [-0.1, -0.05) is 6.58 Å². The molecule has 0 spiro atoms. The minimum absolute atomic E-state index is 0.560. The van der Waals surface area contributed by atoms with Crippen molar-refractivity contribution in [3.8, 4) is 0 Å². The van der Waals surface area contributed by atoms with E-state index in [0.29, 0.717) is 11.6 Å². The van der Waals surface area contributed by atoms with Gasteiger partial charge in [0.1, 0.15) is 0 Å². The number of hydrogen-bond acceptors (Lipinski definition) is 6. The molecule has 1 unspecified atom stereocenters. The average Bonchev–Trinajstić information content (AvgIpc) is 2.83. The number of nitrogens with one attached hydrogen (secondary N) is 3. The molecule has 2 rings (SSSR count). The van der Waals surface area contributed by atoms with E-state index in [1.807, 2.05) is 13.1 Å². The van der Waals surface area contributed by atoms with Gasteiger partial charge in [0.15, 0.2) is 0 Å². The first kappa shape index (κ1) is 17.9. The van der Waals surface area contributed by atoms with Crippen LogP contribution in [-0.2, 0) is 0 Å². The van der Waals surface area contributed by atoms with Crippen molar-refractivity contribution in [1.29, 1.82) is 5.41 Å². The van der Waals surface area contributed by atoms with Gasteiger partial charge in [0, 0.05) is 66.4 Å². The third-order valence-electron chi connectivity index (χ3n) is 4.40. The number of hydrazone groups is 1. The molecule has 24 heavy (non-hydrogen) atoms. The zero-order valence-corrected chi connectivity index (χ0v) is 14.3. The van der Waals surface area contributed by atoms with Crippen molar-refractivity contribution in [3.05, 3.63) is 47.5 Å². The van der Waals surface area contributed by atoms with Crippen molar-refractivity contribution in [1.82, 2.24) is 15.6 Å². The van der Waals surface area contributed by atoms with E-state index >= 15 is 0 Å². The molecular formula is C18H26N6. The third-order valence-corrected chi connectivity index (χ3v) is 4.40. The van der Waals surface area contributed by atoms with E-state index in [4.69, 9.17) is 5.41 Å². The van der Waals surface area contributed by atoms with Gasteiger partial charge in [0.25, 0.3) is 0 Å². The first-order valence-corrected chi connectivity index (χ1v) is 8.19. The summed E-state index contributed by atoms with van der Waals surface area (Å²) in [4.78, 5) is 6.15. The van der Waals surface area contributed by atoms with Crippen LogP contribution < -0.4 is 10.7 Å². The lowest BCUT2D eigenvalue weighted by Gasteiger charge is -2.29. The monoisotopic (exact) mass is 326 g/mol. The quantitative estimate of drug-likeness (QED) is 0.678. The number of nitrogens with zero attached hydrogens (tertiary/aromatic N) is 3. The van der Waals surface area contributed by atoms with Crippen molar-refractivity contribution in [2.24, 2.45) is 10.1 Å². The summed E-state index contributed by atoms with van der Waals surface area (Å²) in [6, 6.07) is 0.560. The maximum atomic E-state index is 7.64. The van der Waals surface area contributed by atoms with Gasteiger partial charge in [-0.05, 0) is 39.1 Å². The highest BCUT2D eigenvalue weighted by molar-refractivity contribution is 5.86. The topological polar surface area (TPSA) is 75.9 Å². The molecule has 2 aliphatic heterocycles. The van der Waals surface area contributed by atoms with Crippen molar-refractivity contribution >= 4 is 19.1 Å². The lowest BCUT2D eigenvalue weighted by atomic mass is 9.97. The van der Waals surface area contributed by atoms with Crippen LogP contribution in [0.1, 0.15) is 19.3 Å². The predicted octanol–water partition coefficient (Wildman–Crippen LogP) is 2.21. The van der Waals surface area contributed by atoms with Crippen LogP contribution in [0.2, 0.25) is 0 Å². The Labute approximate surface area is 143 Å². The second kappa shape index (κ2) is 8.98. The van der Waals surface area contributed by atoms with Crippen molar-refractivity contribution < 1.29 is 0 Å². The van der Waals surface area contributed by atoms with Crippen LogP contribution in [0, 0.1) is 5.41 Å². The molecule has 0 saturated carbocycles. The van der Waals surface area contributed by atoms with Gasteiger partial charge in [-0.25, -0.2) is 0 Å². The summed E-state index contributed by atoms with van der Waals surface area (Å²) in [6.07, 6.45) is 11.7. The molecule has 0 aromatic carbocycles. The van der Waals surface area contributed by atoms with E-state index in [0.717, 1.165) is 42.8 Å². The molecule has 2 heterocycles. The van der Waals surface area contributed by atoms with E-state index < -0.39 is 0 Å². The Hall–Kier alpha value is -2.47. The average molecular weight is 326 g/mol. The van der Waals surface area contributed by atoms with Gasteiger partial charge in [0.05, 0.1) is 0 Å². The molecule has 1 saturated heterocycles. The number of aliphatic imine (C=N–C) groups is 1. The minimum atomic E-state index is 0.560. The zero-order valence-electron chi connectivity index (χ0n) is 14.3. The van der Waals surface area contributed by atoms with E-state index in [2.05, 4.69) is 39.0 Å². The van der Waals surface area contributed by atoms with Crippen LogP contribution in [0.15, 0.2) is 57.6 Å². The fourth-order valence-corrected chi connectivity index (χ4v) is 3.04. The number of allylic oxidation sites excluding steroid dienone is 3. The van der Waals surface area contributed by atoms with Crippen LogP contribution in [0.3, 0.4) is 0 Å². The fraction of sp³-hybridized carbons (Fsp3) is 0.389. The van der Waals surface area contributed by atoms with Gasteiger partial charge in [0.2, 0.25) is 0 Å². The van der Waals surface area contributed by atoms with Crippen molar-refractivity contribution in [3.63, 3.8) is 0 Å². The largest absolute Gasteiger partial charge is 0.371 e. The zero-order chi connectivity index (χ0) is 17.4. The van der Waals surface area contributed by atoms with E-state index in [1.54, 1.807) is 18.6 Å². The van der Waals surface area contributed by atoms with Gasteiger partial charge >= 0.3 is 0 Å². The summed E-state index contributed by atoms with van der Waals surface area (Å²) in [5.41, 5.74) is 6.21. The Balaban J connectivity index is 2.29. The summed E-state index contributed by atoms with van der Waals surface area (Å²) in [5, 5.41) is 15.2. The highest BCUT2D eigenvalue weighted by Gasteiger charge is 2.21. The first-order chi connectivity index (χ1) is 11.7. The highest BCUT2D eigenvalue weighted by atomic mass is 15.3. The SMILES string of the molecule is C=N/C=C(C=N)/C1=C/N/N=C\C=C(\N2CCCC(NC)CC2)C1=C. The van der Waals surface area contributed by atoms with E-state index in [1.165, 1.54) is 12.6 Å². The van der Waals surface area contributed by atoms with Gasteiger partial charge in [-0.15, -0.1) is 0 Å². The molecule has 0 bridgehead atoms. The summed E-state index contributed by atoms with van der Waals surface area (Å²) in [7, 11) is 2.02. The second-order valence-electron chi connectivity index (χ2n) is 5.81. The summed E-state index contributed by atoms with van der Waals surface area (Å²) < 4.78 is 0. The Bertz CT molecular complexity index is 611. The smallest absolute Gasteiger partial charge is 0.0492 e. The second-order valence-corrected chi connectivity index (χ2v) is 5.81. The predicted molar refractivity (Wildman–Crippen MR) is 102 cm³/mol. The molecule has 0 amide bonds. The molecule has 6 heteroatoms. The van der Waals surface area contributed by atoms with Crippen LogP contribution in [0.5, 0.6) is 0 Å². The van der Waals surface area contributed by atoms with Gasteiger partial charge in [-0.2, -0.15) is 5.10 Å². The number of likely N-dealkylation sites (tertiary alicyclic amines) is 1. The molecule has 128 valence electrons. The molecule has 0 radical (unpaired) electrons. The van der Waals surface area contributed by atoms with Crippen LogP contribution in [0.4, 0.5) is 0 Å². The molecule has 6 nitrogen and oxygen atoms in total. The normalized spacial score (nSPS) is 28.2. The Morgan fingerprint density at radius 1 is 1.50 bits per heavy atom. The van der Waals surface area contributed by atoms with Crippen molar-refractivity contribution in [2.45, 2.75) is 25.3 Å². The van der Waals surface area contributed by atoms with Gasteiger partial charge < -0.3 is 15.6 Å². The molecule has 0 aromatic rings. The van der Waals surface area contributed by atoms with Crippen LogP contribution in [-0.4, -0.2) is 50.2 Å². The summed E-state index contributed by atoms with van der Waals surface area (Å²) >= 11 is 0. The molecule has 1 atom stereocenters. The summed E-state index contributed by atoms with van der Waals surface area (Å²) in [5.74, 6) is 0. The van der Waals surface area contributed by atoms with E-state index in [9.17, 15) is 0 Å². The Morgan fingerprint density at radius 3 is 3.04 bits per heavy atom. The fourth-order valence-electron chi connectivity index (χ4n) is 3.04. The molecule has 1 fully saturated rings. The Kier molecular flexibility index (Phi) is 6.69. The molecule has 3 N–H and O–H groups in total. The highest BCUT2D eigenvalue weighted by Crippen LogP contribution is 2.28. The Morgan fingerprint density at radius 2 is 2.33 bits per heavy atom. The molecule has 2 aliphatic rings. The minimum Gasteiger partial charge on any atom is -0.371 e. The van der Waals surface area contributed by atoms with Crippen LogP contribution >= 0.6 is 0 Å². The molecular weight excluding hydrogens is 300 g/mol.